The lowest BCUT2D eigenvalue weighted by Crippen LogP contribution is -2.49. The van der Waals surface area contributed by atoms with Gasteiger partial charge < -0.3 is 25.0 Å². The van der Waals surface area contributed by atoms with Gasteiger partial charge in [0, 0.05) is 44.9 Å². The predicted octanol–water partition coefficient (Wildman–Crippen LogP) is 3.02. The van der Waals surface area contributed by atoms with E-state index in [9.17, 15) is 8.78 Å². The molecular weight excluding hydrogens is 505 g/mol. The first-order chi connectivity index (χ1) is 14.1. The average molecular weight is 538 g/mol. The zero-order valence-corrected chi connectivity index (χ0v) is 19.9. The fourth-order valence-electron chi connectivity index (χ4n) is 3.75. The highest BCUT2D eigenvalue weighted by molar-refractivity contribution is 14.0. The number of benzene rings is 1. The van der Waals surface area contributed by atoms with Gasteiger partial charge in [-0.15, -0.1) is 24.0 Å². The lowest BCUT2D eigenvalue weighted by Gasteiger charge is -2.34. The summed E-state index contributed by atoms with van der Waals surface area (Å²) < 4.78 is 37.1. The Balaban J connectivity index is 0.00000320. The van der Waals surface area contributed by atoms with E-state index in [1.165, 1.54) is 12.5 Å². The van der Waals surface area contributed by atoms with E-state index < -0.39 is 11.6 Å². The van der Waals surface area contributed by atoms with Crippen molar-refractivity contribution in [3.63, 3.8) is 0 Å². The lowest BCUT2D eigenvalue weighted by atomic mass is 10.0. The van der Waals surface area contributed by atoms with Crippen molar-refractivity contribution >= 4 is 29.9 Å². The highest BCUT2D eigenvalue weighted by Gasteiger charge is 2.24. The van der Waals surface area contributed by atoms with E-state index in [1.54, 1.807) is 0 Å². The van der Waals surface area contributed by atoms with E-state index >= 15 is 0 Å². The Morgan fingerprint density at radius 1 is 1.23 bits per heavy atom. The van der Waals surface area contributed by atoms with Crippen LogP contribution < -0.4 is 15.4 Å². The second kappa shape index (κ2) is 13.3. The first-order valence-electron chi connectivity index (χ1n) is 10.6. The normalized spacial score (nSPS) is 20.6. The van der Waals surface area contributed by atoms with Gasteiger partial charge in [0.1, 0.15) is 12.4 Å². The molecule has 0 amide bonds. The van der Waals surface area contributed by atoms with Crippen molar-refractivity contribution in [3.05, 3.63) is 29.8 Å². The monoisotopic (exact) mass is 538 g/mol. The molecule has 0 aromatic heterocycles. The molecule has 2 aliphatic rings. The van der Waals surface area contributed by atoms with Crippen molar-refractivity contribution < 1.29 is 18.3 Å². The van der Waals surface area contributed by atoms with E-state index in [0.717, 1.165) is 70.3 Å². The lowest BCUT2D eigenvalue weighted by molar-refractivity contribution is 0.150. The number of guanidine groups is 1. The van der Waals surface area contributed by atoms with Gasteiger partial charge in [-0.25, -0.2) is 13.8 Å². The van der Waals surface area contributed by atoms with Crippen LogP contribution in [0.5, 0.6) is 5.75 Å². The zero-order valence-electron chi connectivity index (χ0n) is 17.5. The number of nitrogens with one attached hydrogen (secondary N) is 2. The molecule has 0 radical (unpaired) electrons. The second-order valence-corrected chi connectivity index (χ2v) is 7.63. The Morgan fingerprint density at radius 3 is 2.70 bits per heavy atom. The molecule has 1 atom stereocenters. The number of hydrogen-bond acceptors (Lipinski definition) is 4. The van der Waals surface area contributed by atoms with E-state index in [2.05, 4.69) is 20.5 Å². The summed E-state index contributed by atoms with van der Waals surface area (Å²) in [5.41, 5.74) is 0. The molecule has 2 saturated heterocycles. The summed E-state index contributed by atoms with van der Waals surface area (Å²) in [5.74, 6) is -0.0291. The molecule has 2 heterocycles. The van der Waals surface area contributed by atoms with Crippen LogP contribution >= 0.6 is 24.0 Å². The van der Waals surface area contributed by atoms with Crippen LogP contribution in [0.25, 0.3) is 0 Å². The maximum absolute atomic E-state index is 13.2. The Kier molecular flexibility index (Phi) is 11.1. The van der Waals surface area contributed by atoms with Gasteiger partial charge in [-0.1, -0.05) is 0 Å². The van der Waals surface area contributed by atoms with Crippen molar-refractivity contribution in [2.75, 3.05) is 52.5 Å². The number of ether oxygens (including phenoxy) is 2. The molecule has 1 aromatic carbocycles. The third-order valence-corrected chi connectivity index (χ3v) is 5.33. The third-order valence-electron chi connectivity index (χ3n) is 5.33. The molecule has 0 spiro atoms. The molecule has 170 valence electrons. The van der Waals surface area contributed by atoms with Crippen LogP contribution in [0.3, 0.4) is 0 Å². The van der Waals surface area contributed by atoms with Crippen molar-refractivity contribution in [3.8, 4) is 5.75 Å². The molecule has 6 nitrogen and oxygen atoms in total. The van der Waals surface area contributed by atoms with Gasteiger partial charge in [-0.3, -0.25) is 0 Å². The molecule has 30 heavy (non-hydrogen) atoms. The van der Waals surface area contributed by atoms with E-state index in [4.69, 9.17) is 9.47 Å². The van der Waals surface area contributed by atoms with Crippen LogP contribution in [0.4, 0.5) is 8.78 Å². The minimum atomic E-state index is -0.909. The van der Waals surface area contributed by atoms with Crippen molar-refractivity contribution in [1.29, 1.82) is 0 Å². The Labute approximate surface area is 194 Å². The van der Waals surface area contributed by atoms with Crippen LogP contribution in [0.15, 0.2) is 23.2 Å². The average Bonchev–Trinajstić information content (AvgIpc) is 3.22. The number of aliphatic imine (C=N–C) groups is 1. The first-order valence-corrected chi connectivity index (χ1v) is 10.6. The molecule has 1 unspecified atom stereocenters. The zero-order chi connectivity index (χ0) is 20.5. The maximum atomic E-state index is 13.2. The molecule has 9 heteroatoms. The highest BCUT2D eigenvalue weighted by atomic mass is 127. The Morgan fingerprint density at radius 2 is 2.03 bits per heavy atom. The van der Waals surface area contributed by atoms with Gasteiger partial charge in [0.2, 0.25) is 0 Å². The van der Waals surface area contributed by atoms with Gasteiger partial charge in [-0.2, -0.15) is 0 Å². The van der Waals surface area contributed by atoms with E-state index in [1.807, 2.05) is 6.92 Å². The van der Waals surface area contributed by atoms with Crippen LogP contribution in [0, 0.1) is 17.6 Å². The number of rotatable bonds is 8. The fraction of sp³-hybridized carbons (Fsp3) is 0.667. The van der Waals surface area contributed by atoms with Crippen molar-refractivity contribution in [2.45, 2.75) is 32.2 Å². The van der Waals surface area contributed by atoms with E-state index in [-0.39, 0.29) is 24.0 Å². The summed E-state index contributed by atoms with van der Waals surface area (Å²) in [6.45, 7) is 8.66. The van der Waals surface area contributed by atoms with Crippen LogP contribution in [0.2, 0.25) is 0 Å². The van der Waals surface area contributed by atoms with Gasteiger partial charge in [0.05, 0.1) is 13.2 Å². The molecule has 2 aliphatic heterocycles. The topological polar surface area (TPSA) is 58.1 Å². The predicted molar refractivity (Wildman–Crippen MR) is 125 cm³/mol. The molecule has 1 aromatic rings. The maximum Gasteiger partial charge on any atom is 0.191 e. The number of nitrogens with zero attached hydrogens (tertiary/aromatic N) is 2. The van der Waals surface area contributed by atoms with Crippen LogP contribution in [-0.4, -0.2) is 69.4 Å². The first kappa shape index (κ1) is 25.1. The number of halogens is 3. The second-order valence-electron chi connectivity index (χ2n) is 7.63. The largest absolute Gasteiger partial charge is 0.492 e. The van der Waals surface area contributed by atoms with Gasteiger partial charge in [0.15, 0.2) is 17.6 Å². The number of piperidine rings is 1. The summed E-state index contributed by atoms with van der Waals surface area (Å²) in [5, 5.41) is 6.77. The summed E-state index contributed by atoms with van der Waals surface area (Å²) in [7, 11) is 0. The quantitative estimate of drug-likeness (QED) is 0.231. The minimum absolute atomic E-state index is 0. The Hall–Kier alpha value is -1.20. The molecule has 2 N–H and O–H groups in total. The highest BCUT2D eigenvalue weighted by Crippen LogP contribution is 2.18. The summed E-state index contributed by atoms with van der Waals surface area (Å²) >= 11 is 0. The molecular formula is C21H33F2IN4O2. The van der Waals surface area contributed by atoms with Gasteiger partial charge >= 0.3 is 0 Å². The molecule has 2 fully saturated rings. The third kappa shape index (κ3) is 8.14. The van der Waals surface area contributed by atoms with Gasteiger partial charge in [-0.05, 0) is 44.2 Å². The van der Waals surface area contributed by atoms with Crippen molar-refractivity contribution in [1.82, 2.24) is 15.5 Å². The molecule has 0 saturated carbocycles. The summed E-state index contributed by atoms with van der Waals surface area (Å²) in [6, 6.07) is 3.92. The van der Waals surface area contributed by atoms with Crippen LogP contribution in [0.1, 0.15) is 26.2 Å². The van der Waals surface area contributed by atoms with E-state index in [0.29, 0.717) is 30.9 Å². The standard InChI is InChI=1S/C21H32F2N4O2.HI/c1-2-24-21(25-8-12-29-18-3-4-19(22)20(23)13-18)26-17-5-9-27(10-6-17)14-16-7-11-28-15-16;/h3-4,13,16-17H,2,5-12,14-15H2,1H3,(H2,24,25,26);1H. The fourth-order valence-corrected chi connectivity index (χ4v) is 3.75. The summed E-state index contributed by atoms with van der Waals surface area (Å²) in [4.78, 5) is 7.08. The minimum Gasteiger partial charge on any atom is -0.492 e. The van der Waals surface area contributed by atoms with Crippen molar-refractivity contribution in [2.24, 2.45) is 10.9 Å². The molecule has 0 bridgehead atoms. The molecule has 3 rings (SSSR count). The Bertz CT molecular complexity index is 666. The SMILES string of the molecule is CCNC(=NCCOc1ccc(F)c(F)c1)NC1CCN(CC2CCOC2)CC1.I. The molecule has 0 aliphatic carbocycles. The van der Waals surface area contributed by atoms with Gasteiger partial charge in [0.25, 0.3) is 0 Å². The smallest absolute Gasteiger partial charge is 0.191 e. The van der Waals surface area contributed by atoms with Crippen LogP contribution in [-0.2, 0) is 4.74 Å². The number of hydrogen-bond donors (Lipinski definition) is 2. The number of likely N-dealkylation sites (tertiary alicyclic amines) is 1. The summed E-state index contributed by atoms with van der Waals surface area (Å²) in [6.07, 6.45) is 3.36.